The Hall–Kier alpha value is -1.65. The minimum atomic E-state index is 0.0343. The van der Waals surface area contributed by atoms with Gasteiger partial charge in [0.25, 0.3) is 5.91 Å². The normalized spacial score (nSPS) is 18.1. The first-order valence-corrected chi connectivity index (χ1v) is 8.86. The highest BCUT2D eigenvalue weighted by molar-refractivity contribution is 9.10. The van der Waals surface area contributed by atoms with Crippen LogP contribution in [-0.4, -0.2) is 19.0 Å². The molecule has 1 aliphatic rings. The average Bonchev–Trinajstić information content (AvgIpc) is 2.55. The summed E-state index contributed by atoms with van der Waals surface area (Å²) in [6.45, 7) is 4.53. The molecule has 1 heterocycles. The van der Waals surface area contributed by atoms with E-state index in [1.54, 1.807) is 0 Å². The molecular weight excluding hydrogens is 352 g/mol. The van der Waals surface area contributed by atoms with E-state index in [-0.39, 0.29) is 11.9 Å². The zero-order valence-corrected chi connectivity index (χ0v) is 14.9. The number of hydrogen-bond donors (Lipinski definition) is 2. The van der Waals surface area contributed by atoms with Gasteiger partial charge in [0.2, 0.25) is 0 Å². The molecule has 0 saturated heterocycles. The van der Waals surface area contributed by atoms with Gasteiger partial charge in [0.1, 0.15) is 6.54 Å². The summed E-state index contributed by atoms with van der Waals surface area (Å²) in [4.78, 5) is 13.7. The molecule has 0 radical (unpaired) electrons. The molecule has 1 aliphatic heterocycles. The summed E-state index contributed by atoms with van der Waals surface area (Å²) in [5.41, 5.74) is 3.93. The van der Waals surface area contributed by atoms with Crippen molar-refractivity contribution in [1.29, 1.82) is 0 Å². The van der Waals surface area contributed by atoms with Crippen LogP contribution in [0.1, 0.15) is 29.7 Å². The summed E-state index contributed by atoms with van der Waals surface area (Å²) >= 11 is 3.43. The van der Waals surface area contributed by atoms with E-state index in [9.17, 15) is 4.79 Å². The number of carbonyl (C=O) groups is 1. The van der Waals surface area contributed by atoms with Gasteiger partial charge in [-0.2, -0.15) is 0 Å². The van der Waals surface area contributed by atoms with Crippen LogP contribution in [0.15, 0.2) is 53.0 Å². The molecular formula is C19H22BrN2O+. The van der Waals surface area contributed by atoms with Gasteiger partial charge in [0.05, 0.1) is 12.6 Å². The molecule has 4 heteroatoms. The average molecular weight is 374 g/mol. The second-order valence-electron chi connectivity index (χ2n) is 6.21. The molecule has 1 amide bonds. The second-order valence-corrected chi connectivity index (χ2v) is 7.13. The minimum absolute atomic E-state index is 0.0343. The van der Waals surface area contributed by atoms with E-state index < -0.39 is 0 Å². The number of hydrogen-bond acceptors (Lipinski definition) is 1. The highest BCUT2D eigenvalue weighted by atomic mass is 79.9. The summed E-state index contributed by atoms with van der Waals surface area (Å²) in [7, 11) is 0. The van der Waals surface area contributed by atoms with Crippen LogP contribution < -0.4 is 10.2 Å². The van der Waals surface area contributed by atoms with E-state index in [1.165, 1.54) is 16.0 Å². The SMILES string of the molecule is C[C@@H](NC(=O)C[NH+]1CCc2ccccc2C1)c1ccc(Br)cc1. The lowest BCUT2D eigenvalue weighted by atomic mass is 10.00. The Bertz CT molecular complexity index is 684. The topological polar surface area (TPSA) is 33.5 Å². The highest BCUT2D eigenvalue weighted by Crippen LogP contribution is 2.16. The number of fused-ring (bicyclic) bond motifs is 1. The van der Waals surface area contributed by atoms with Gasteiger partial charge in [0.15, 0.2) is 6.54 Å². The van der Waals surface area contributed by atoms with Crippen molar-refractivity contribution in [3.8, 4) is 0 Å². The number of quaternary nitrogens is 1. The molecule has 0 fully saturated rings. The minimum Gasteiger partial charge on any atom is -0.345 e. The van der Waals surface area contributed by atoms with Crippen molar-refractivity contribution in [2.75, 3.05) is 13.1 Å². The highest BCUT2D eigenvalue weighted by Gasteiger charge is 2.22. The monoisotopic (exact) mass is 373 g/mol. The van der Waals surface area contributed by atoms with E-state index in [0.29, 0.717) is 6.54 Å². The van der Waals surface area contributed by atoms with Crippen molar-refractivity contribution in [2.45, 2.75) is 25.9 Å². The Kier molecular flexibility index (Phi) is 5.13. The molecule has 0 bridgehead atoms. The Morgan fingerprint density at radius 1 is 1.17 bits per heavy atom. The third-order valence-electron chi connectivity index (χ3n) is 4.46. The Balaban J connectivity index is 1.55. The molecule has 2 aromatic carbocycles. The Morgan fingerprint density at radius 3 is 2.61 bits per heavy atom. The van der Waals surface area contributed by atoms with Gasteiger partial charge in [-0.25, -0.2) is 0 Å². The molecule has 1 unspecified atom stereocenters. The zero-order valence-electron chi connectivity index (χ0n) is 13.3. The molecule has 0 aliphatic carbocycles. The number of carbonyl (C=O) groups excluding carboxylic acids is 1. The molecule has 2 aromatic rings. The number of amides is 1. The van der Waals surface area contributed by atoms with Crippen molar-refractivity contribution in [3.63, 3.8) is 0 Å². The molecule has 3 rings (SSSR count). The molecule has 0 aromatic heterocycles. The summed E-state index contributed by atoms with van der Waals surface area (Å²) in [5.74, 6) is 0.120. The van der Waals surface area contributed by atoms with E-state index in [2.05, 4.69) is 45.5 Å². The molecule has 0 saturated carbocycles. The lowest BCUT2D eigenvalue weighted by Crippen LogP contribution is -3.12. The molecule has 120 valence electrons. The van der Waals surface area contributed by atoms with Crippen LogP contribution in [0.5, 0.6) is 0 Å². The summed E-state index contributed by atoms with van der Waals surface area (Å²) in [5, 5.41) is 3.11. The molecule has 0 spiro atoms. The Labute approximate surface area is 145 Å². The predicted octanol–water partition coefficient (Wildman–Crippen LogP) is 2.27. The predicted molar refractivity (Wildman–Crippen MR) is 95.2 cm³/mol. The van der Waals surface area contributed by atoms with Gasteiger partial charge < -0.3 is 10.2 Å². The zero-order chi connectivity index (χ0) is 16.2. The van der Waals surface area contributed by atoms with Gasteiger partial charge in [-0.15, -0.1) is 0 Å². The van der Waals surface area contributed by atoms with Crippen molar-refractivity contribution in [3.05, 3.63) is 69.7 Å². The van der Waals surface area contributed by atoms with E-state index in [4.69, 9.17) is 0 Å². The van der Waals surface area contributed by atoms with E-state index >= 15 is 0 Å². The van der Waals surface area contributed by atoms with Crippen LogP contribution in [0.3, 0.4) is 0 Å². The van der Waals surface area contributed by atoms with Crippen molar-refractivity contribution in [2.24, 2.45) is 0 Å². The van der Waals surface area contributed by atoms with Gasteiger partial charge in [-0.05, 0) is 30.2 Å². The maximum absolute atomic E-state index is 12.3. The van der Waals surface area contributed by atoms with Gasteiger partial charge in [0, 0.05) is 16.5 Å². The second kappa shape index (κ2) is 7.28. The van der Waals surface area contributed by atoms with Crippen molar-refractivity contribution >= 4 is 21.8 Å². The maximum atomic E-state index is 12.3. The fraction of sp³-hybridized carbons (Fsp3) is 0.316. The van der Waals surface area contributed by atoms with Crippen LogP contribution in [-0.2, 0) is 17.8 Å². The number of benzene rings is 2. The third kappa shape index (κ3) is 4.21. The third-order valence-corrected chi connectivity index (χ3v) is 4.99. The van der Waals surface area contributed by atoms with Gasteiger partial charge in [-0.3, -0.25) is 4.79 Å². The fourth-order valence-electron chi connectivity index (χ4n) is 3.15. The lowest BCUT2D eigenvalue weighted by Gasteiger charge is -2.26. The van der Waals surface area contributed by atoms with Crippen LogP contribution in [0.25, 0.3) is 0 Å². The lowest BCUT2D eigenvalue weighted by molar-refractivity contribution is -0.908. The number of nitrogens with one attached hydrogen (secondary N) is 2. The first-order valence-electron chi connectivity index (χ1n) is 8.07. The molecule has 2 N–H and O–H groups in total. The summed E-state index contributed by atoms with van der Waals surface area (Å²) in [6, 6.07) is 16.7. The van der Waals surface area contributed by atoms with E-state index in [0.717, 1.165) is 29.5 Å². The van der Waals surface area contributed by atoms with Gasteiger partial charge in [-0.1, -0.05) is 52.3 Å². The summed E-state index contributed by atoms with van der Waals surface area (Å²) < 4.78 is 1.05. The van der Waals surface area contributed by atoms with Crippen molar-refractivity contribution in [1.82, 2.24) is 5.32 Å². The fourth-order valence-corrected chi connectivity index (χ4v) is 3.41. The number of halogens is 1. The number of rotatable bonds is 4. The maximum Gasteiger partial charge on any atom is 0.275 e. The van der Waals surface area contributed by atoms with E-state index in [1.807, 2.05) is 31.2 Å². The van der Waals surface area contributed by atoms with Crippen molar-refractivity contribution < 1.29 is 9.69 Å². The van der Waals surface area contributed by atoms with Gasteiger partial charge >= 0.3 is 0 Å². The first kappa shape index (κ1) is 16.2. The van der Waals surface area contributed by atoms with Crippen LogP contribution in [0.2, 0.25) is 0 Å². The first-order chi connectivity index (χ1) is 11.1. The standard InChI is InChI=1S/C19H21BrN2O/c1-14(15-6-8-18(20)9-7-15)21-19(23)13-22-11-10-16-4-2-3-5-17(16)12-22/h2-9,14H,10-13H2,1H3,(H,21,23)/p+1/t14-/m1/s1. The van der Waals surface area contributed by atoms with Crippen LogP contribution in [0.4, 0.5) is 0 Å². The molecule has 2 atom stereocenters. The largest absolute Gasteiger partial charge is 0.345 e. The summed E-state index contributed by atoms with van der Waals surface area (Å²) in [6.07, 6.45) is 1.06. The van der Waals surface area contributed by atoms with Crippen LogP contribution in [0, 0.1) is 0 Å². The molecule has 23 heavy (non-hydrogen) atoms. The molecule has 3 nitrogen and oxygen atoms in total. The Morgan fingerprint density at radius 2 is 1.87 bits per heavy atom. The smallest absolute Gasteiger partial charge is 0.275 e. The quantitative estimate of drug-likeness (QED) is 0.846. The van der Waals surface area contributed by atoms with Crippen LogP contribution >= 0.6 is 15.9 Å².